The first-order chi connectivity index (χ1) is 9.88. The molecule has 0 heterocycles. The number of hydrogen-bond donors (Lipinski definition) is 3. The fourth-order valence-corrected chi connectivity index (χ4v) is 2.30. The maximum absolute atomic E-state index is 12.0. The van der Waals surface area contributed by atoms with Gasteiger partial charge in [0, 0.05) is 6.04 Å². The van der Waals surface area contributed by atoms with Crippen molar-refractivity contribution in [3.8, 4) is 0 Å². The third-order valence-corrected chi connectivity index (χ3v) is 3.09. The van der Waals surface area contributed by atoms with Gasteiger partial charge in [0.1, 0.15) is 0 Å². The average Bonchev–Trinajstić information content (AvgIpc) is 2.37. The van der Waals surface area contributed by atoms with E-state index in [1.165, 1.54) is 0 Å². The van der Waals surface area contributed by atoms with Crippen LogP contribution < -0.4 is 10.6 Å². The number of benzene rings is 1. The minimum absolute atomic E-state index is 0.0475. The lowest BCUT2D eigenvalue weighted by Gasteiger charge is -2.21. The first-order valence-electron chi connectivity index (χ1n) is 7.22. The van der Waals surface area contributed by atoms with Gasteiger partial charge in [0.05, 0.1) is 12.5 Å². The largest absolute Gasteiger partial charge is 0.481 e. The molecular formula is C16H24N2O3. The number of hydrogen-bond acceptors (Lipinski definition) is 2. The van der Waals surface area contributed by atoms with E-state index in [4.69, 9.17) is 5.11 Å². The van der Waals surface area contributed by atoms with E-state index in [0.29, 0.717) is 5.92 Å². The molecule has 0 spiro atoms. The highest BCUT2D eigenvalue weighted by atomic mass is 16.4. The second-order valence-electron chi connectivity index (χ2n) is 5.71. The molecule has 5 nitrogen and oxygen atoms in total. The molecule has 0 aliphatic carbocycles. The van der Waals surface area contributed by atoms with Gasteiger partial charge in [-0.05, 0) is 24.8 Å². The Bertz CT molecular complexity index is 460. The highest BCUT2D eigenvalue weighted by Crippen LogP contribution is 2.16. The fourth-order valence-electron chi connectivity index (χ4n) is 2.30. The summed E-state index contributed by atoms with van der Waals surface area (Å²) < 4.78 is 0. The van der Waals surface area contributed by atoms with Crippen LogP contribution in [0.5, 0.6) is 0 Å². The second kappa shape index (κ2) is 8.29. The van der Waals surface area contributed by atoms with E-state index in [0.717, 1.165) is 12.0 Å². The molecule has 1 rings (SSSR count). The van der Waals surface area contributed by atoms with Crippen LogP contribution >= 0.6 is 0 Å². The number of carboxylic acids is 1. The van der Waals surface area contributed by atoms with Crippen molar-refractivity contribution in [1.82, 2.24) is 10.6 Å². The van der Waals surface area contributed by atoms with Crippen LogP contribution in [0.25, 0.3) is 0 Å². The molecule has 0 saturated heterocycles. The molecule has 0 fully saturated rings. The van der Waals surface area contributed by atoms with Gasteiger partial charge in [0.2, 0.25) is 0 Å². The Kier molecular flexibility index (Phi) is 6.72. The van der Waals surface area contributed by atoms with Crippen LogP contribution in [0.3, 0.4) is 0 Å². The van der Waals surface area contributed by atoms with E-state index < -0.39 is 12.0 Å². The molecule has 0 radical (unpaired) electrons. The third kappa shape index (κ3) is 6.79. The van der Waals surface area contributed by atoms with Crippen LogP contribution in [-0.4, -0.2) is 23.1 Å². The molecule has 1 aromatic rings. The van der Waals surface area contributed by atoms with Crippen LogP contribution in [0.1, 0.15) is 45.2 Å². The second-order valence-corrected chi connectivity index (χ2v) is 5.71. The summed E-state index contributed by atoms with van der Waals surface area (Å²) in [7, 11) is 0. The first kappa shape index (κ1) is 17.0. The van der Waals surface area contributed by atoms with Gasteiger partial charge < -0.3 is 15.7 Å². The average molecular weight is 292 g/mol. The van der Waals surface area contributed by atoms with Crippen molar-refractivity contribution in [2.24, 2.45) is 5.92 Å². The molecule has 3 N–H and O–H groups in total. The van der Waals surface area contributed by atoms with Crippen LogP contribution in [0.4, 0.5) is 4.79 Å². The zero-order chi connectivity index (χ0) is 15.8. The van der Waals surface area contributed by atoms with Crippen molar-refractivity contribution in [3.05, 3.63) is 35.9 Å². The number of carboxylic acid groups (broad SMARTS) is 1. The van der Waals surface area contributed by atoms with Gasteiger partial charge in [-0.2, -0.15) is 0 Å². The number of carbonyl (C=O) groups is 2. The number of urea groups is 1. The number of nitrogens with one attached hydrogen (secondary N) is 2. The number of amides is 2. The van der Waals surface area contributed by atoms with Gasteiger partial charge >= 0.3 is 12.0 Å². The molecule has 1 aromatic carbocycles. The summed E-state index contributed by atoms with van der Waals surface area (Å²) in [6, 6.07) is 8.30. The molecule has 0 aliphatic rings. The monoisotopic (exact) mass is 292 g/mol. The maximum atomic E-state index is 12.0. The Morgan fingerprint density at radius 3 is 2.24 bits per heavy atom. The van der Waals surface area contributed by atoms with Crippen molar-refractivity contribution in [2.45, 2.75) is 45.7 Å². The lowest BCUT2D eigenvalue weighted by Crippen LogP contribution is -2.43. The SMILES string of the molecule is CC(C)CC(C)NC(=O)NC(CC(=O)O)c1ccccc1. The highest BCUT2D eigenvalue weighted by Gasteiger charge is 2.18. The van der Waals surface area contributed by atoms with E-state index in [-0.39, 0.29) is 18.5 Å². The number of rotatable bonds is 7. The topological polar surface area (TPSA) is 78.4 Å². The van der Waals surface area contributed by atoms with Crippen molar-refractivity contribution in [2.75, 3.05) is 0 Å². The summed E-state index contributed by atoms with van der Waals surface area (Å²) >= 11 is 0. The lowest BCUT2D eigenvalue weighted by atomic mass is 10.0. The molecule has 21 heavy (non-hydrogen) atoms. The molecule has 0 saturated carbocycles. The van der Waals surface area contributed by atoms with Crippen LogP contribution in [0, 0.1) is 5.92 Å². The minimum atomic E-state index is -0.945. The predicted molar refractivity (Wildman–Crippen MR) is 82.0 cm³/mol. The summed E-state index contributed by atoms with van der Waals surface area (Å²) in [5, 5.41) is 14.6. The van der Waals surface area contributed by atoms with Gasteiger partial charge in [0.25, 0.3) is 0 Å². The Morgan fingerprint density at radius 1 is 1.10 bits per heavy atom. The van der Waals surface area contributed by atoms with Crippen LogP contribution in [0.15, 0.2) is 30.3 Å². The Morgan fingerprint density at radius 2 is 1.71 bits per heavy atom. The van der Waals surface area contributed by atoms with Gasteiger partial charge in [-0.15, -0.1) is 0 Å². The summed E-state index contributed by atoms with van der Waals surface area (Å²) in [4.78, 5) is 22.9. The highest BCUT2D eigenvalue weighted by molar-refractivity contribution is 5.76. The Balaban J connectivity index is 2.64. The molecular weight excluding hydrogens is 268 g/mol. The predicted octanol–water partition coefficient (Wildman–Crippen LogP) is 2.94. The quantitative estimate of drug-likeness (QED) is 0.723. The molecule has 0 bridgehead atoms. The van der Waals surface area contributed by atoms with E-state index in [9.17, 15) is 9.59 Å². The van der Waals surface area contributed by atoms with Crippen LogP contribution in [0.2, 0.25) is 0 Å². The van der Waals surface area contributed by atoms with Crippen molar-refractivity contribution >= 4 is 12.0 Å². The van der Waals surface area contributed by atoms with Gasteiger partial charge in [-0.1, -0.05) is 44.2 Å². The van der Waals surface area contributed by atoms with Gasteiger partial charge in [0.15, 0.2) is 0 Å². The lowest BCUT2D eigenvalue weighted by molar-refractivity contribution is -0.137. The van der Waals surface area contributed by atoms with E-state index >= 15 is 0 Å². The van der Waals surface area contributed by atoms with Gasteiger partial charge in [-0.25, -0.2) is 4.79 Å². The molecule has 0 aliphatic heterocycles. The smallest absolute Gasteiger partial charge is 0.315 e. The maximum Gasteiger partial charge on any atom is 0.315 e. The molecule has 5 heteroatoms. The number of carbonyl (C=O) groups excluding carboxylic acids is 1. The zero-order valence-corrected chi connectivity index (χ0v) is 12.8. The van der Waals surface area contributed by atoms with Gasteiger partial charge in [-0.3, -0.25) is 4.79 Å². The normalized spacial score (nSPS) is 13.5. The van der Waals surface area contributed by atoms with Crippen molar-refractivity contribution in [3.63, 3.8) is 0 Å². The van der Waals surface area contributed by atoms with E-state index in [1.54, 1.807) is 0 Å². The van der Waals surface area contributed by atoms with Crippen LogP contribution in [-0.2, 0) is 4.79 Å². The summed E-state index contributed by atoms with van der Waals surface area (Å²) in [5.74, 6) is -0.455. The summed E-state index contributed by atoms with van der Waals surface area (Å²) in [5.41, 5.74) is 0.784. The molecule has 2 amide bonds. The van der Waals surface area contributed by atoms with Crippen molar-refractivity contribution < 1.29 is 14.7 Å². The molecule has 0 aromatic heterocycles. The van der Waals surface area contributed by atoms with Crippen molar-refractivity contribution in [1.29, 1.82) is 0 Å². The number of aliphatic carboxylic acids is 1. The summed E-state index contributed by atoms with van der Waals surface area (Å²) in [6.07, 6.45) is 0.734. The van der Waals surface area contributed by atoms with E-state index in [1.807, 2.05) is 37.3 Å². The van der Waals surface area contributed by atoms with E-state index in [2.05, 4.69) is 24.5 Å². The first-order valence-corrected chi connectivity index (χ1v) is 7.22. The zero-order valence-electron chi connectivity index (χ0n) is 12.8. The third-order valence-electron chi connectivity index (χ3n) is 3.09. The Labute approximate surface area is 125 Å². The standard InChI is InChI=1S/C16H24N2O3/c1-11(2)9-12(3)17-16(21)18-14(10-15(19)20)13-7-5-4-6-8-13/h4-8,11-12,14H,9-10H2,1-3H3,(H,19,20)(H2,17,18,21). The minimum Gasteiger partial charge on any atom is -0.481 e. The fraction of sp³-hybridized carbons (Fsp3) is 0.500. The molecule has 2 atom stereocenters. The molecule has 2 unspecified atom stereocenters. The Hall–Kier alpha value is -2.04. The molecule has 116 valence electrons. The summed E-state index contributed by atoms with van der Waals surface area (Å²) in [6.45, 7) is 6.12.